The van der Waals surface area contributed by atoms with E-state index >= 15 is 0 Å². The molecular weight excluding hydrogens is 491 g/mol. The summed E-state index contributed by atoms with van der Waals surface area (Å²) in [5.74, 6) is 0.923. The van der Waals surface area contributed by atoms with E-state index in [-0.39, 0.29) is 35.5 Å². The maximum Gasteiger partial charge on any atom is 0.350 e. The molecule has 1 aromatic heterocycles. The summed E-state index contributed by atoms with van der Waals surface area (Å²) in [5.41, 5.74) is 3.46. The summed E-state index contributed by atoms with van der Waals surface area (Å²) in [6, 6.07) is 8.28. The van der Waals surface area contributed by atoms with E-state index in [0.29, 0.717) is 31.3 Å². The number of rotatable bonds is 5. The number of hydrogen-bond donors (Lipinski definition) is 0. The van der Waals surface area contributed by atoms with Crippen LogP contribution in [0.15, 0.2) is 52.7 Å². The number of carbonyl (C=O) groups excluding carboxylic acids is 1. The first-order valence-corrected chi connectivity index (χ1v) is 13.4. The van der Waals surface area contributed by atoms with Crippen LogP contribution in [-0.4, -0.2) is 65.0 Å². The van der Waals surface area contributed by atoms with Crippen LogP contribution in [0.25, 0.3) is 22.0 Å². The van der Waals surface area contributed by atoms with Gasteiger partial charge in [0.2, 0.25) is 5.91 Å². The summed E-state index contributed by atoms with van der Waals surface area (Å²) in [4.78, 5) is 35.6. The highest BCUT2D eigenvalue weighted by molar-refractivity contribution is 7.99. The second-order valence-electron chi connectivity index (χ2n) is 9.86. The van der Waals surface area contributed by atoms with E-state index in [9.17, 15) is 14.0 Å². The molecule has 0 bridgehead atoms. The molecule has 1 amide bonds. The molecule has 0 N–H and O–H groups in total. The average Bonchev–Trinajstić information content (AvgIpc) is 2.86. The summed E-state index contributed by atoms with van der Waals surface area (Å²) in [6.45, 7) is 11.2. The molecule has 7 nitrogen and oxygen atoms in total. The predicted octanol–water partition coefficient (Wildman–Crippen LogP) is 4.42. The standard InChI is InChI=1S/C28H31FN4O3S/c1-6-23(34)32-17(3)12-31(13-18(32)4)27-22-11-16(2)24(19-7-9-20(29)10-8-19)26-25(22)33(28(35)30-27)21(14-36-5)15-37-26/h6-11,17-18,21H,1,12-15H2,2-5H3/t17-,18+,21?. The highest BCUT2D eigenvalue weighted by atomic mass is 32.2. The van der Waals surface area contributed by atoms with Crippen LogP contribution in [0.4, 0.5) is 10.2 Å². The molecule has 1 unspecified atom stereocenters. The largest absolute Gasteiger partial charge is 0.383 e. The molecule has 9 heteroatoms. The van der Waals surface area contributed by atoms with Gasteiger partial charge in [-0.3, -0.25) is 9.36 Å². The van der Waals surface area contributed by atoms with Gasteiger partial charge in [-0.2, -0.15) is 4.98 Å². The highest BCUT2D eigenvalue weighted by Gasteiger charge is 2.35. The molecule has 0 saturated carbocycles. The minimum absolute atomic E-state index is 0.0730. The fraction of sp³-hybridized carbons (Fsp3) is 0.393. The second-order valence-corrected chi connectivity index (χ2v) is 10.9. The first-order chi connectivity index (χ1) is 17.7. The van der Waals surface area contributed by atoms with Gasteiger partial charge in [-0.25, -0.2) is 9.18 Å². The fourth-order valence-corrected chi connectivity index (χ4v) is 7.16. The lowest BCUT2D eigenvalue weighted by atomic mass is 9.97. The molecule has 3 aromatic rings. The van der Waals surface area contributed by atoms with Crippen molar-refractivity contribution in [3.63, 3.8) is 0 Å². The number of aryl methyl sites for hydroxylation is 1. The number of hydrogen-bond acceptors (Lipinski definition) is 6. The molecule has 2 aromatic carbocycles. The van der Waals surface area contributed by atoms with Crippen LogP contribution in [0.5, 0.6) is 0 Å². The normalized spacial score (nSPS) is 21.4. The van der Waals surface area contributed by atoms with Crippen LogP contribution < -0.4 is 10.6 Å². The van der Waals surface area contributed by atoms with E-state index < -0.39 is 0 Å². The van der Waals surface area contributed by atoms with E-state index in [4.69, 9.17) is 4.74 Å². The molecule has 0 aliphatic carbocycles. The lowest BCUT2D eigenvalue weighted by Crippen LogP contribution is -2.58. The van der Waals surface area contributed by atoms with Crippen molar-refractivity contribution in [3.8, 4) is 11.1 Å². The zero-order chi connectivity index (χ0) is 26.4. The minimum Gasteiger partial charge on any atom is -0.383 e. The fourth-order valence-electron chi connectivity index (χ4n) is 5.79. The van der Waals surface area contributed by atoms with Crippen molar-refractivity contribution in [3.05, 3.63) is 64.9 Å². The van der Waals surface area contributed by atoms with Gasteiger partial charge >= 0.3 is 5.69 Å². The number of thioether (sulfide) groups is 1. The van der Waals surface area contributed by atoms with Crippen LogP contribution in [-0.2, 0) is 9.53 Å². The molecule has 0 spiro atoms. The number of ether oxygens (including phenoxy) is 1. The first-order valence-electron chi connectivity index (χ1n) is 12.4. The quantitative estimate of drug-likeness (QED) is 0.463. The van der Waals surface area contributed by atoms with Gasteiger partial charge in [-0.05, 0) is 56.2 Å². The maximum atomic E-state index is 13.7. The van der Waals surface area contributed by atoms with Gasteiger partial charge in [0.1, 0.15) is 11.6 Å². The molecule has 2 aliphatic heterocycles. The Morgan fingerprint density at radius 3 is 2.54 bits per heavy atom. The molecule has 2 aliphatic rings. The Morgan fingerprint density at radius 2 is 1.92 bits per heavy atom. The summed E-state index contributed by atoms with van der Waals surface area (Å²) in [5, 5.41) is 0.897. The van der Waals surface area contributed by atoms with Crippen molar-refractivity contribution in [2.24, 2.45) is 0 Å². The van der Waals surface area contributed by atoms with Crippen LogP contribution >= 0.6 is 11.8 Å². The zero-order valence-corrected chi connectivity index (χ0v) is 22.3. The number of anilines is 1. The summed E-state index contributed by atoms with van der Waals surface area (Å²) in [6.07, 6.45) is 1.35. The van der Waals surface area contributed by atoms with Crippen molar-refractivity contribution in [2.45, 2.75) is 43.8 Å². The van der Waals surface area contributed by atoms with Crippen molar-refractivity contribution >= 4 is 34.4 Å². The lowest BCUT2D eigenvalue weighted by Gasteiger charge is -2.45. The predicted molar refractivity (Wildman–Crippen MR) is 146 cm³/mol. The SMILES string of the molecule is C=CC(=O)N1[C@H](C)CN(c2nc(=O)n3c4c(c(-c5ccc(F)cc5)c(C)cc24)SCC3COC)C[C@@H]1C. The van der Waals surface area contributed by atoms with E-state index in [0.717, 1.165) is 32.5 Å². The van der Waals surface area contributed by atoms with Gasteiger partial charge in [0.15, 0.2) is 0 Å². The van der Waals surface area contributed by atoms with Crippen LogP contribution in [0.1, 0.15) is 25.5 Å². The molecule has 3 heterocycles. The molecule has 1 saturated heterocycles. The molecule has 37 heavy (non-hydrogen) atoms. The monoisotopic (exact) mass is 522 g/mol. The summed E-state index contributed by atoms with van der Waals surface area (Å²) >= 11 is 1.70. The van der Waals surface area contributed by atoms with Crippen LogP contribution in [0.2, 0.25) is 0 Å². The van der Waals surface area contributed by atoms with Crippen LogP contribution in [0.3, 0.4) is 0 Å². The number of piperazine rings is 1. The maximum absolute atomic E-state index is 13.7. The number of carbonyl (C=O) groups is 1. The Balaban J connectivity index is 1.73. The number of methoxy groups -OCH3 is 1. The molecule has 1 fully saturated rings. The van der Waals surface area contributed by atoms with Gasteiger partial charge in [-0.15, -0.1) is 11.8 Å². The van der Waals surface area contributed by atoms with Crippen LogP contribution in [0, 0.1) is 12.7 Å². The summed E-state index contributed by atoms with van der Waals surface area (Å²) in [7, 11) is 1.64. The molecular formula is C28H31FN4O3S. The zero-order valence-electron chi connectivity index (χ0n) is 21.5. The minimum atomic E-state index is -0.315. The van der Waals surface area contributed by atoms with Crippen molar-refractivity contribution in [2.75, 3.05) is 37.5 Å². The number of nitrogens with zero attached hydrogens (tertiary/aromatic N) is 4. The van der Waals surface area contributed by atoms with Gasteiger partial charge in [0.25, 0.3) is 0 Å². The summed E-state index contributed by atoms with van der Waals surface area (Å²) < 4.78 is 20.9. The Labute approximate surface area is 219 Å². The Hall–Kier alpha value is -3.17. The van der Waals surface area contributed by atoms with E-state index in [1.54, 1.807) is 35.6 Å². The smallest absolute Gasteiger partial charge is 0.350 e. The van der Waals surface area contributed by atoms with Crippen molar-refractivity contribution in [1.29, 1.82) is 0 Å². The number of amides is 1. The van der Waals surface area contributed by atoms with E-state index in [1.165, 1.54) is 18.2 Å². The van der Waals surface area contributed by atoms with Gasteiger partial charge in [-0.1, -0.05) is 18.7 Å². The molecule has 0 radical (unpaired) electrons. The Morgan fingerprint density at radius 1 is 1.24 bits per heavy atom. The average molecular weight is 523 g/mol. The topological polar surface area (TPSA) is 67.7 Å². The number of halogens is 1. The van der Waals surface area contributed by atoms with E-state index in [1.807, 2.05) is 25.7 Å². The molecule has 194 valence electrons. The Kier molecular flexibility index (Phi) is 6.85. The second kappa shape index (κ2) is 9.95. The third-order valence-electron chi connectivity index (χ3n) is 7.27. The molecule has 5 rings (SSSR count). The lowest BCUT2D eigenvalue weighted by molar-refractivity contribution is -0.130. The highest BCUT2D eigenvalue weighted by Crippen LogP contribution is 2.46. The Bertz CT molecular complexity index is 1430. The third kappa shape index (κ3) is 4.34. The number of aromatic nitrogens is 2. The van der Waals surface area contributed by atoms with Gasteiger partial charge < -0.3 is 14.5 Å². The van der Waals surface area contributed by atoms with E-state index in [2.05, 4.69) is 22.5 Å². The van der Waals surface area contributed by atoms with Crippen molar-refractivity contribution < 1.29 is 13.9 Å². The third-order valence-corrected chi connectivity index (χ3v) is 8.50. The van der Waals surface area contributed by atoms with Crippen molar-refractivity contribution in [1.82, 2.24) is 14.5 Å². The molecule has 3 atom stereocenters. The number of benzene rings is 2. The van der Waals surface area contributed by atoms with Gasteiger partial charge in [0, 0.05) is 53.9 Å². The first kappa shape index (κ1) is 25.5. The van der Waals surface area contributed by atoms with Gasteiger partial charge in [0.05, 0.1) is 18.2 Å².